The number of hydrogen-bond donors (Lipinski definition) is 0. The van der Waals surface area contributed by atoms with Crippen LogP contribution in [-0.4, -0.2) is 10.8 Å². The number of hydrogen-bond acceptors (Lipinski definition) is 3. The average molecular weight is 209 g/mol. The number of Topliss-reactive ketones (excluding diaryl/α,β-unsaturated/α-hetero) is 1. The van der Waals surface area contributed by atoms with E-state index < -0.39 is 0 Å². The van der Waals surface area contributed by atoms with E-state index in [9.17, 15) is 4.79 Å². The lowest BCUT2D eigenvalue weighted by molar-refractivity contribution is -0.120. The fourth-order valence-corrected chi connectivity index (χ4v) is 2.74. The van der Waals surface area contributed by atoms with Gasteiger partial charge in [-0.15, -0.1) is 11.3 Å². The van der Waals surface area contributed by atoms with Gasteiger partial charge in [-0.25, -0.2) is 4.98 Å². The molecule has 1 saturated carbocycles. The van der Waals surface area contributed by atoms with Crippen LogP contribution in [0, 0.1) is 18.8 Å². The summed E-state index contributed by atoms with van der Waals surface area (Å²) in [7, 11) is 0. The highest BCUT2D eigenvalue weighted by Crippen LogP contribution is 2.31. The molecule has 1 heterocycles. The van der Waals surface area contributed by atoms with Crippen LogP contribution in [0.2, 0.25) is 0 Å². The quantitative estimate of drug-likeness (QED) is 0.749. The molecule has 1 aliphatic rings. The van der Waals surface area contributed by atoms with Gasteiger partial charge in [0.2, 0.25) is 0 Å². The summed E-state index contributed by atoms with van der Waals surface area (Å²) in [5.74, 6) is 1.21. The summed E-state index contributed by atoms with van der Waals surface area (Å²) >= 11 is 1.69. The highest BCUT2D eigenvalue weighted by atomic mass is 32.1. The molecule has 0 radical (unpaired) electrons. The van der Waals surface area contributed by atoms with Gasteiger partial charge in [-0.3, -0.25) is 4.79 Å². The molecule has 0 aliphatic heterocycles. The molecule has 14 heavy (non-hydrogen) atoms. The lowest BCUT2D eigenvalue weighted by atomic mass is 9.93. The normalized spacial score (nSPS) is 27.1. The van der Waals surface area contributed by atoms with Crippen molar-refractivity contribution in [3.63, 3.8) is 0 Å². The van der Waals surface area contributed by atoms with Crippen LogP contribution >= 0.6 is 11.3 Å². The Kier molecular flexibility index (Phi) is 2.68. The standard InChI is InChI=1S/C11H15NOS/c1-7-9(3-4-11(7)13)5-10-6-14-8(2)12-10/h6-7,9H,3-5H2,1-2H3. The number of ketones is 1. The summed E-state index contributed by atoms with van der Waals surface area (Å²) in [5.41, 5.74) is 1.17. The van der Waals surface area contributed by atoms with Crippen molar-refractivity contribution in [2.45, 2.75) is 33.1 Å². The molecule has 2 nitrogen and oxygen atoms in total. The molecule has 76 valence electrons. The minimum Gasteiger partial charge on any atom is -0.299 e. The predicted octanol–water partition coefficient (Wildman–Crippen LogP) is 2.61. The van der Waals surface area contributed by atoms with Crippen LogP contribution in [0.3, 0.4) is 0 Å². The van der Waals surface area contributed by atoms with Crippen LogP contribution in [0.4, 0.5) is 0 Å². The molecule has 0 N–H and O–H groups in total. The summed E-state index contributed by atoms with van der Waals surface area (Å²) in [4.78, 5) is 15.8. The third-order valence-corrected chi connectivity index (χ3v) is 3.94. The molecule has 0 saturated heterocycles. The second kappa shape index (κ2) is 3.81. The summed E-state index contributed by atoms with van der Waals surface area (Å²) in [6.07, 6.45) is 2.81. The van der Waals surface area contributed by atoms with Gasteiger partial charge in [-0.1, -0.05) is 6.92 Å². The van der Waals surface area contributed by atoms with Crippen LogP contribution in [0.25, 0.3) is 0 Å². The number of thiazole rings is 1. The minimum atomic E-state index is 0.247. The van der Waals surface area contributed by atoms with Gasteiger partial charge in [0.25, 0.3) is 0 Å². The Morgan fingerprint density at radius 1 is 1.64 bits per heavy atom. The number of aromatic nitrogens is 1. The molecular weight excluding hydrogens is 194 g/mol. The van der Waals surface area contributed by atoms with E-state index in [4.69, 9.17) is 0 Å². The van der Waals surface area contributed by atoms with E-state index in [0.29, 0.717) is 11.7 Å². The molecule has 2 atom stereocenters. The van der Waals surface area contributed by atoms with E-state index in [1.807, 2.05) is 6.92 Å². The zero-order chi connectivity index (χ0) is 10.1. The molecule has 0 bridgehead atoms. The van der Waals surface area contributed by atoms with Crippen LogP contribution < -0.4 is 0 Å². The second-order valence-electron chi connectivity index (χ2n) is 4.12. The number of rotatable bonds is 2. The van der Waals surface area contributed by atoms with Gasteiger partial charge < -0.3 is 0 Å². The van der Waals surface area contributed by atoms with Crippen LogP contribution in [0.1, 0.15) is 30.5 Å². The molecule has 3 heteroatoms. The van der Waals surface area contributed by atoms with E-state index in [1.165, 1.54) is 5.69 Å². The molecule has 1 fully saturated rings. The van der Waals surface area contributed by atoms with Crippen molar-refractivity contribution in [2.24, 2.45) is 11.8 Å². The molecule has 0 spiro atoms. The van der Waals surface area contributed by atoms with Gasteiger partial charge in [0.1, 0.15) is 5.78 Å². The minimum absolute atomic E-state index is 0.247. The molecule has 1 aromatic rings. The highest BCUT2D eigenvalue weighted by molar-refractivity contribution is 7.09. The van der Waals surface area contributed by atoms with Crippen LogP contribution in [-0.2, 0) is 11.2 Å². The van der Waals surface area contributed by atoms with Crippen molar-refractivity contribution in [3.8, 4) is 0 Å². The lowest BCUT2D eigenvalue weighted by Crippen LogP contribution is -2.12. The number of aryl methyl sites for hydroxylation is 1. The van der Waals surface area contributed by atoms with Crippen LogP contribution in [0.5, 0.6) is 0 Å². The summed E-state index contributed by atoms with van der Waals surface area (Å²) in [6, 6.07) is 0. The van der Waals surface area contributed by atoms with Crippen molar-refractivity contribution in [3.05, 3.63) is 16.1 Å². The molecule has 2 rings (SSSR count). The van der Waals surface area contributed by atoms with E-state index in [2.05, 4.69) is 17.3 Å². The number of carbonyl (C=O) groups excluding carboxylic acids is 1. The maximum atomic E-state index is 11.4. The first-order valence-electron chi connectivity index (χ1n) is 5.10. The van der Waals surface area contributed by atoms with E-state index >= 15 is 0 Å². The van der Waals surface area contributed by atoms with Gasteiger partial charge in [-0.05, 0) is 25.7 Å². The largest absolute Gasteiger partial charge is 0.299 e. The van der Waals surface area contributed by atoms with Gasteiger partial charge >= 0.3 is 0 Å². The predicted molar refractivity (Wildman–Crippen MR) is 57.5 cm³/mol. The maximum absolute atomic E-state index is 11.4. The Bertz CT molecular complexity index is 345. The molecule has 0 amide bonds. The monoisotopic (exact) mass is 209 g/mol. The van der Waals surface area contributed by atoms with Crippen molar-refractivity contribution >= 4 is 17.1 Å². The molecule has 0 aromatic carbocycles. The fourth-order valence-electron chi connectivity index (χ4n) is 2.12. The Morgan fingerprint density at radius 3 is 2.93 bits per heavy atom. The Morgan fingerprint density at radius 2 is 2.43 bits per heavy atom. The van der Waals surface area contributed by atoms with E-state index in [0.717, 1.165) is 24.3 Å². The highest BCUT2D eigenvalue weighted by Gasteiger charge is 2.31. The maximum Gasteiger partial charge on any atom is 0.136 e. The van der Waals surface area contributed by atoms with Gasteiger partial charge in [-0.2, -0.15) is 0 Å². The Labute approximate surface area is 88.4 Å². The number of nitrogens with zero attached hydrogens (tertiary/aromatic N) is 1. The third kappa shape index (κ3) is 1.87. The van der Waals surface area contributed by atoms with E-state index in [1.54, 1.807) is 11.3 Å². The first-order chi connectivity index (χ1) is 6.66. The van der Waals surface area contributed by atoms with Gasteiger partial charge in [0.15, 0.2) is 0 Å². The summed E-state index contributed by atoms with van der Waals surface area (Å²) in [5, 5.41) is 3.24. The number of carbonyl (C=O) groups is 1. The molecule has 1 aromatic heterocycles. The van der Waals surface area contributed by atoms with Crippen molar-refractivity contribution in [2.75, 3.05) is 0 Å². The van der Waals surface area contributed by atoms with Crippen molar-refractivity contribution < 1.29 is 4.79 Å². The molecule has 2 unspecified atom stereocenters. The SMILES string of the molecule is Cc1nc(CC2CCC(=O)C2C)cs1. The Hall–Kier alpha value is -0.700. The van der Waals surface area contributed by atoms with Crippen molar-refractivity contribution in [1.82, 2.24) is 4.98 Å². The third-order valence-electron chi connectivity index (χ3n) is 3.11. The molecule has 1 aliphatic carbocycles. The van der Waals surface area contributed by atoms with Crippen LogP contribution in [0.15, 0.2) is 5.38 Å². The zero-order valence-corrected chi connectivity index (χ0v) is 9.43. The summed E-state index contributed by atoms with van der Waals surface area (Å²) in [6.45, 7) is 4.08. The lowest BCUT2D eigenvalue weighted by Gasteiger charge is -2.11. The average Bonchev–Trinajstić information content (AvgIpc) is 2.67. The van der Waals surface area contributed by atoms with Gasteiger partial charge in [0, 0.05) is 17.7 Å². The van der Waals surface area contributed by atoms with Gasteiger partial charge in [0.05, 0.1) is 10.7 Å². The topological polar surface area (TPSA) is 30.0 Å². The Balaban J connectivity index is 2.02. The smallest absolute Gasteiger partial charge is 0.136 e. The first-order valence-corrected chi connectivity index (χ1v) is 5.98. The van der Waals surface area contributed by atoms with E-state index in [-0.39, 0.29) is 5.92 Å². The first kappa shape index (κ1) is 9.84. The molecular formula is C11H15NOS. The van der Waals surface area contributed by atoms with Crippen molar-refractivity contribution in [1.29, 1.82) is 0 Å². The second-order valence-corrected chi connectivity index (χ2v) is 5.18. The zero-order valence-electron chi connectivity index (χ0n) is 8.62. The summed E-state index contributed by atoms with van der Waals surface area (Å²) < 4.78 is 0. The fraction of sp³-hybridized carbons (Fsp3) is 0.636.